The lowest BCUT2D eigenvalue weighted by molar-refractivity contribution is 0.140. The first kappa shape index (κ1) is 13.7. The van der Waals surface area contributed by atoms with Crippen LogP contribution in [0.5, 0.6) is 0 Å². The molecule has 1 aliphatic rings. The van der Waals surface area contributed by atoms with Crippen LogP contribution in [-0.2, 0) is 4.79 Å². The zero-order valence-electron chi connectivity index (χ0n) is 11.2. The van der Waals surface area contributed by atoms with Crippen molar-refractivity contribution in [2.24, 2.45) is 0 Å². The lowest BCUT2D eigenvalue weighted by Crippen LogP contribution is -2.20. The van der Waals surface area contributed by atoms with Crippen molar-refractivity contribution >= 4 is 12.2 Å². The highest BCUT2D eigenvalue weighted by Gasteiger charge is 2.20. The number of nitrogens with zero attached hydrogens (tertiary/aromatic N) is 4. The Kier molecular flexibility index (Phi) is 3.64. The summed E-state index contributed by atoms with van der Waals surface area (Å²) in [5.41, 5.74) is 0.814. The molecule has 1 fully saturated rings. The van der Waals surface area contributed by atoms with E-state index < -0.39 is 12.2 Å². The van der Waals surface area contributed by atoms with Gasteiger partial charge in [-0.25, -0.2) is 18.7 Å². The molecule has 5 nitrogen and oxygen atoms in total. The lowest BCUT2D eigenvalue weighted by Gasteiger charge is -2.18. The van der Waals surface area contributed by atoms with Gasteiger partial charge in [0.05, 0.1) is 11.4 Å². The number of anilines is 1. The normalized spacial score (nSPS) is 14.9. The second kappa shape index (κ2) is 5.59. The van der Waals surface area contributed by atoms with Crippen molar-refractivity contribution in [2.45, 2.75) is 19.3 Å². The summed E-state index contributed by atoms with van der Waals surface area (Å²) in [4.78, 5) is 20.8. The molecule has 0 amide bonds. The van der Waals surface area contributed by atoms with Crippen molar-refractivity contribution in [3.8, 4) is 11.4 Å². The van der Waals surface area contributed by atoms with Gasteiger partial charge >= 0.3 is 0 Å². The van der Waals surface area contributed by atoms with Crippen LogP contribution in [0.1, 0.15) is 25.1 Å². The Balaban J connectivity index is 2.08. The predicted molar refractivity (Wildman–Crippen MR) is 74.0 cm³/mol. The van der Waals surface area contributed by atoms with Crippen LogP contribution in [0.3, 0.4) is 0 Å². The van der Waals surface area contributed by atoms with Crippen LogP contribution in [0, 0.1) is 0 Å². The van der Waals surface area contributed by atoms with E-state index in [-0.39, 0.29) is 0 Å². The first-order valence-corrected chi connectivity index (χ1v) is 6.73. The van der Waals surface area contributed by atoms with Gasteiger partial charge in [0, 0.05) is 25.4 Å². The van der Waals surface area contributed by atoms with Gasteiger partial charge < -0.3 is 4.90 Å². The molecule has 7 heteroatoms. The second-order valence-corrected chi connectivity index (χ2v) is 4.87. The minimum atomic E-state index is -2.74. The van der Waals surface area contributed by atoms with E-state index in [9.17, 15) is 13.6 Å². The summed E-state index contributed by atoms with van der Waals surface area (Å²) in [6.07, 6.45) is 1.48. The van der Waals surface area contributed by atoms with E-state index in [0.29, 0.717) is 23.6 Å². The molecule has 2 aromatic heterocycles. The van der Waals surface area contributed by atoms with Gasteiger partial charge in [-0.05, 0) is 25.0 Å². The van der Waals surface area contributed by atoms with Crippen molar-refractivity contribution in [3.05, 3.63) is 30.2 Å². The maximum Gasteiger partial charge on any atom is 0.297 e. The topological polar surface area (TPSA) is 51.0 Å². The molecule has 0 aromatic carbocycles. The summed E-state index contributed by atoms with van der Waals surface area (Å²) < 4.78 is 27.3. The summed E-state index contributed by atoms with van der Waals surface area (Å²) in [5.74, 6) is -0.0144. The van der Waals surface area contributed by atoms with Crippen LogP contribution in [0.4, 0.5) is 14.6 Å². The second-order valence-electron chi connectivity index (χ2n) is 4.87. The molecular weight excluding hydrogens is 278 g/mol. The quantitative estimate of drug-likeness (QED) is 0.813. The van der Waals surface area contributed by atoms with Crippen LogP contribution in [0.2, 0.25) is 0 Å². The van der Waals surface area contributed by atoms with E-state index in [1.54, 1.807) is 24.4 Å². The predicted octanol–water partition coefficient (Wildman–Crippen LogP) is 2.52. The van der Waals surface area contributed by atoms with Gasteiger partial charge in [-0.2, -0.15) is 0 Å². The van der Waals surface area contributed by atoms with Crippen molar-refractivity contribution in [3.63, 3.8) is 0 Å². The summed E-state index contributed by atoms with van der Waals surface area (Å²) in [6.45, 7) is 1.60. The first-order valence-electron chi connectivity index (χ1n) is 6.73. The van der Waals surface area contributed by atoms with Gasteiger partial charge in [0.15, 0.2) is 5.82 Å². The third-order valence-corrected chi connectivity index (χ3v) is 3.51. The number of hydrogen-bond donors (Lipinski definition) is 0. The number of rotatable bonds is 4. The molecule has 110 valence electrons. The highest BCUT2D eigenvalue weighted by Crippen LogP contribution is 2.27. The standard InChI is InChI=1S/C14H14F2N4O/c15-13(16)14-17-10(11-4-3-7-20(11)9-21)8-12(18-14)19-5-1-2-6-19/h3-4,7-9,13H,1-2,5-6H2. The molecule has 0 atom stereocenters. The van der Waals surface area contributed by atoms with Gasteiger partial charge in [0.25, 0.3) is 6.43 Å². The van der Waals surface area contributed by atoms with Gasteiger partial charge in [-0.3, -0.25) is 9.36 Å². The van der Waals surface area contributed by atoms with E-state index in [1.165, 1.54) is 4.57 Å². The molecule has 0 spiro atoms. The third-order valence-electron chi connectivity index (χ3n) is 3.51. The van der Waals surface area contributed by atoms with E-state index in [1.807, 2.05) is 4.90 Å². The largest absolute Gasteiger partial charge is 0.356 e. The van der Waals surface area contributed by atoms with E-state index >= 15 is 0 Å². The number of carbonyl (C=O) groups excluding carboxylic acids is 1. The molecular formula is C14H14F2N4O. The number of alkyl halides is 2. The Labute approximate surface area is 120 Å². The average Bonchev–Trinajstić information content (AvgIpc) is 3.17. The molecule has 21 heavy (non-hydrogen) atoms. The molecule has 0 aliphatic carbocycles. The molecule has 0 bridgehead atoms. The van der Waals surface area contributed by atoms with Crippen LogP contribution in [-0.4, -0.2) is 34.0 Å². The van der Waals surface area contributed by atoms with Crippen LogP contribution in [0.15, 0.2) is 24.4 Å². The monoisotopic (exact) mass is 292 g/mol. The fourth-order valence-corrected chi connectivity index (χ4v) is 2.49. The first-order chi connectivity index (χ1) is 10.2. The number of halogens is 2. The van der Waals surface area contributed by atoms with Gasteiger partial charge in [-0.15, -0.1) is 0 Å². The van der Waals surface area contributed by atoms with Gasteiger partial charge in [0.2, 0.25) is 6.41 Å². The Bertz CT molecular complexity index is 650. The molecule has 1 aliphatic heterocycles. The summed E-state index contributed by atoms with van der Waals surface area (Å²) >= 11 is 0. The molecule has 3 rings (SSSR count). The van der Waals surface area contributed by atoms with Gasteiger partial charge in [0.1, 0.15) is 5.82 Å². The van der Waals surface area contributed by atoms with Crippen molar-refractivity contribution in [1.82, 2.24) is 14.5 Å². The molecule has 1 saturated heterocycles. The minimum absolute atomic E-state index is 0.333. The fraction of sp³-hybridized carbons (Fsp3) is 0.357. The molecule has 0 saturated carbocycles. The smallest absolute Gasteiger partial charge is 0.297 e. The minimum Gasteiger partial charge on any atom is -0.356 e. The molecule has 2 aromatic rings. The third kappa shape index (κ3) is 2.63. The van der Waals surface area contributed by atoms with Gasteiger partial charge in [-0.1, -0.05) is 0 Å². The Hall–Kier alpha value is -2.31. The number of carbonyl (C=O) groups is 1. The Morgan fingerprint density at radius 1 is 1.24 bits per heavy atom. The van der Waals surface area contributed by atoms with Crippen LogP contribution < -0.4 is 4.90 Å². The maximum atomic E-state index is 13.0. The van der Waals surface area contributed by atoms with E-state index in [2.05, 4.69) is 9.97 Å². The van der Waals surface area contributed by atoms with E-state index in [0.717, 1.165) is 25.9 Å². The summed E-state index contributed by atoms with van der Waals surface area (Å²) in [6, 6.07) is 5.00. The lowest BCUT2D eigenvalue weighted by atomic mass is 10.2. The average molecular weight is 292 g/mol. The van der Waals surface area contributed by atoms with Crippen molar-refractivity contribution in [1.29, 1.82) is 0 Å². The molecule has 0 unspecified atom stereocenters. The van der Waals surface area contributed by atoms with Crippen LogP contribution >= 0.6 is 0 Å². The molecule has 0 N–H and O–H groups in total. The van der Waals surface area contributed by atoms with Crippen molar-refractivity contribution in [2.75, 3.05) is 18.0 Å². The Morgan fingerprint density at radius 3 is 2.67 bits per heavy atom. The summed E-state index contributed by atoms with van der Waals surface area (Å²) in [5, 5.41) is 0. The number of aromatic nitrogens is 3. The fourth-order valence-electron chi connectivity index (χ4n) is 2.49. The molecule has 3 heterocycles. The maximum absolute atomic E-state index is 13.0. The zero-order valence-corrected chi connectivity index (χ0v) is 11.2. The molecule has 0 radical (unpaired) electrons. The van der Waals surface area contributed by atoms with Crippen molar-refractivity contribution < 1.29 is 13.6 Å². The van der Waals surface area contributed by atoms with Crippen LogP contribution in [0.25, 0.3) is 11.4 Å². The summed E-state index contributed by atoms with van der Waals surface area (Å²) in [7, 11) is 0. The zero-order chi connectivity index (χ0) is 14.8. The van der Waals surface area contributed by atoms with E-state index in [4.69, 9.17) is 0 Å². The highest BCUT2D eigenvalue weighted by molar-refractivity contribution is 5.68. The number of hydrogen-bond acceptors (Lipinski definition) is 4. The SMILES string of the molecule is O=Cn1cccc1-c1cc(N2CCCC2)nc(C(F)F)n1. The Morgan fingerprint density at radius 2 is 2.00 bits per heavy atom. The highest BCUT2D eigenvalue weighted by atomic mass is 19.3.